The van der Waals surface area contributed by atoms with Crippen LogP contribution in [0.3, 0.4) is 0 Å². The molecule has 106 valence electrons. The van der Waals surface area contributed by atoms with E-state index in [1.54, 1.807) is 0 Å². The van der Waals surface area contributed by atoms with Crippen molar-refractivity contribution in [3.8, 4) is 11.6 Å². The van der Waals surface area contributed by atoms with Gasteiger partial charge in [-0.1, -0.05) is 37.1 Å². The number of benzene rings is 1. The van der Waals surface area contributed by atoms with E-state index in [1.165, 1.54) is 11.9 Å². The second-order valence-corrected chi connectivity index (χ2v) is 5.31. The van der Waals surface area contributed by atoms with Crippen LogP contribution in [0.25, 0.3) is 0 Å². The summed E-state index contributed by atoms with van der Waals surface area (Å²) < 4.78 is 6.05. The van der Waals surface area contributed by atoms with Crippen LogP contribution in [0.4, 0.5) is 0 Å². The molecular weight excluding hydrogens is 272 g/mol. The van der Waals surface area contributed by atoms with Gasteiger partial charge in [-0.2, -0.15) is 0 Å². The highest BCUT2D eigenvalue weighted by atomic mass is 35.5. The zero-order valence-electron chi connectivity index (χ0n) is 12.3. The van der Waals surface area contributed by atoms with Crippen LogP contribution in [-0.2, 0) is 6.42 Å². The number of hydrogen-bond acceptors (Lipinski definition) is 3. The Morgan fingerprint density at radius 1 is 1.10 bits per heavy atom. The fraction of sp³-hybridized carbons (Fsp3) is 0.375. The van der Waals surface area contributed by atoms with E-state index in [1.807, 2.05) is 6.92 Å². The van der Waals surface area contributed by atoms with Crippen LogP contribution < -0.4 is 4.74 Å². The van der Waals surface area contributed by atoms with Gasteiger partial charge in [0.1, 0.15) is 17.2 Å². The molecule has 0 atom stereocenters. The lowest BCUT2D eigenvalue weighted by molar-refractivity contribution is 0.447. The first-order valence-corrected chi connectivity index (χ1v) is 7.16. The minimum absolute atomic E-state index is 0.472. The van der Waals surface area contributed by atoms with Gasteiger partial charge < -0.3 is 4.74 Å². The number of aromatic nitrogens is 2. The normalized spacial score (nSPS) is 10.7. The maximum absolute atomic E-state index is 6.15. The lowest BCUT2D eigenvalue weighted by Gasteiger charge is -2.15. The molecule has 0 aliphatic rings. The van der Waals surface area contributed by atoms with Gasteiger partial charge in [-0.3, -0.25) is 0 Å². The zero-order chi connectivity index (χ0) is 14.7. The van der Waals surface area contributed by atoms with Gasteiger partial charge >= 0.3 is 0 Å². The van der Waals surface area contributed by atoms with Crippen molar-refractivity contribution < 1.29 is 4.74 Å². The Balaban J connectivity index is 2.45. The summed E-state index contributed by atoms with van der Waals surface area (Å²) in [6.45, 7) is 8.25. The van der Waals surface area contributed by atoms with E-state index in [-0.39, 0.29) is 0 Å². The highest BCUT2D eigenvalue weighted by Gasteiger charge is 2.14. The Morgan fingerprint density at radius 2 is 1.80 bits per heavy atom. The van der Waals surface area contributed by atoms with Crippen molar-refractivity contribution in [3.63, 3.8) is 0 Å². The maximum atomic E-state index is 6.15. The number of rotatable bonds is 4. The highest BCUT2D eigenvalue weighted by Crippen LogP contribution is 2.33. The van der Waals surface area contributed by atoms with Crippen LogP contribution >= 0.6 is 11.6 Å². The number of ether oxygens (including phenoxy) is 1. The molecule has 0 radical (unpaired) electrons. The third-order valence-corrected chi connectivity index (χ3v) is 3.75. The summed E-state index contributed by atoms with van der Waals surface area (Å²) >= 11 is 6.15. The summed E-state index contributed by atoms with van der Waals surface area (Å²) in [5.41, 5.74) is 4.28. The maximum Gasteiger partial charge on any atom is 0.227 e. The van der Waals surface area contributed by atoms with E-state index >= 15 is 0 Å². The largest absolute Gasteiger partial charge is 0.438 e. The van der Waals surface area contributed by atoms with Gasteiger partial charge in [-0.05, 0) is 43.9 Å². The van der Waals surface area contributed by atoms with Crippen molar-refractivity contribution in [2.75, 3.05) is 0 Å². The molecule has 0 spiro atoms. The fourth-order valence-electron chi connectivity index (χ4n) is 2.10. The Bertz CT molecular complexity index is 626. The molecule has 2 aromatic rings. The Kier molecular flexibility index (Phi) is 4.61. The van der Waals surface area contributed by atoms with Gasteiger partial charge in [-0.25, -0.2) is 9.97 Å². The third kappa shape index (κ3) is 2.93. The van der Waals surface area contributed by atoms with Crippen molar-refractivity contribution in [2.24, 2.45) is 0 Å². The summed E-state index contributed by atoms with van der Waals surface area (Å²) in [7, 11) is 0. The monoisotopic (exact) mass is 290 g/mol. The Labute approximate surface area is 125 Å². The van der Waals surface area contributed by atoms with Crippen LogP contribution in [0.2, 0.25) is 5.15 Å². The Morgan fingerprint density at radius 3 is 2.50 bits per heavy atom. The summed E-state index contributed by atoms with van der Waals surface area (Å²) in [4.78, 5) is 8.28. The van der Waals surface area contributed by atoms with Gasteiger partial charge in [0.15, 0.2) is 0 Å². The molecule has 2 rings (SSSR count). The highest BCUT2D eigenvalue weighted by molar-refractivity contribution is 6.30. The van der Waals surface area contributed by atoms with Crippen molar-refractivity contribution in [2.45, 2.75) is 40.5 Å². The molecule has 4 heteroatoms. The van der Waals surface area contributed by atoms with Gasteiger partial charge in [0.2, 0.25) is 5.88 Å². The SMILES string of the molecule is CCCc1c(Cl)ncnc1Oc1c(C)ccc(C)c1C. The van der Waals surface area contributed by atoms with Gasteiger partial charge in [0.25, 0.3) is 0 Å². The van der Waals surface area contributed by atoms with Crippen molar-refractivity contribution in [1.29, 1.82) is 0 Å². The molecular formula is C16H19ClN2O. The van der Waals surface area contributed by atoms with E-state index < -0.39 is 0 Å². The lowest BCUT2D eigenvalue weighted by atomic mass is 10.1. The molecule has 0 unspecified atom stereocenters. The average Bonchev–Trinajstić information content (AvgIpc) is 2.43. The predicted octanol–water partition coefficient (Wildman–Crippen LogP) is 4.80. The van der Waals surface area contributed by atoms with Crippen LogP contribution in [-0.4, -0.2) is 9.97 Å². The topological polar surface area (TPSA) is 35.0 Å². The molecule has 0 N–H and O–H groups in total. The third-order valence-electron chi connectivity index (χ3n) is 3.43. The van der Waals surface area contributed by atoms with Crippen molar-refractivity contribution in [1.82, 2.24) is 9.97 Å². The molecule has 0 aliphatic carbocycles. The number of nitrogens with zero attached hydrogens (tertiary/aromatic N) is 2. The predicted molar refractivity (Wildman–Crippen MR) is 81.8 cm³/mol. The second-order valence-electron chi connectivity index (χ2n) is 4.95. The zero-order valence-corrected chi connectivity index (χ0v) is 13.1. The second kappa shape index (κ2) is 6.23. The first-order chi connectivity index (χ1) is 9.54. The molecule has 0 amide bonds. The van der Waals surface area contributed by atoms with Crippen LogP contribution in [0.5, 0.6) is 11.6 Å². The summed E-state index contributed by atoms with van der Waals surface area (Å²) in [5.74, 6) is 1.42. The van der Waals surface area contributed by atoms with E-state index in [0.29, 0.717) is 11.0 Å². The minimum atomic E-state index is 0.472. The summed E-state index contributed by atoms with van der Waals surface area (Å²) in [6.07, 6.45) is 3.21. The smallest absolute Gasteiger partial charge is 0.227 e. The first-order valence-electron chi connectivity index (χ1n) is 6.78. The van der Waals surface area contributed by atoms with E-state index in [0.717, 1.165) is 35.3 Å². The lowest BCUT2D eigenvalue weighted by Crippen LogP contribution is -2.00. The molecule has 0 saturated heterocycles. The van der Waals surface area contributed by atoms with Gasteiger partial charge in [0.05, 0.1) is 5.56 Å². The molecule has 1 aromatic carbocycles. The number of hydrogen-bond donors (Lipinski definition) is 0. The summed E-state index contributed by atoms with van der Waals surface area (Å²) in [6, 6.07) is 4.15. The van der Waals surface area contributed by atoms with Crippen LogP contribution in [0, 0.1) is 20.8 Å². The van der Waals surface area contributed by atoms with Gasteiger partial charge in [0, 0.05) is 0 Å². The first kappa shape index (κ1) is 14.8. The molecule has 0 aliphatic heterocycles. The molecule has 1 aromatic heterocycles. The summed E-state index contributed by atoms with van der Waals surface area (Å²) in [5, 5.41) is 0.472. The van der Waals surface area contributed by atoms with Crippen LogP contribution in [0.15, 0.2) is 18.5 Å². The molecule has 0 saturated carbocycles. The van der Waals surface area contributed by atoms with Gasteiger partial charge in [-0.15, -0.1) is 0 Å². The van der Waals surface area contributed by atoms with Crippen molar-refractivity contribution >= 4 is 11.6 Å². The molecule has 1 heterocycles. The van der Waals surface area contributed by atoms with E-state index in [9.17, 15) is 0 Å². The Hall–Kier alpha value is -1.61. The minimum Gasteiger partial charge on any atom is -0.438 e. The average molecular weight is 291 g/mol. The quantitative estimate of drug-likeness (QED) is 0.759. The fourth-order valence-corrected chi connectivity index (χ4v) is 2.32. The molecule has 3 nitrogen and oxygen atoms in total. The van der Waals surface area contributed by atoms with Crippen LogP contribution in [0.1, 0.15) is 35.6 Å². The van der Waals surface area contributed by atoms with Crippen molar-refractivity contribution in [3.05, 3.63) is 45.9 Å². The molecule has 0 bridgehead atoms. The van der Waals surface area contributed by atoms with E-state index in [4.69, 9.17) is 16.3 Å². The molecule has 0 fully saturated rings. The molecule has 20 heavy (non-hydrogen) atoms. The van der Waals surface area contributed by atoms with E-state index in [2.05, 4.69) is 42.9 Å². The number of halogens is 1. The standard InChI is InChI=1S/C16H19ClN2O/c1-5-6-13-15(17)18-9-19-16(13)20-14-11(3)8-7-10(2)12(14)4/h7-9H,5-6H2,1-4H3. The number of aryl methyl sites for hydroxylation is 2.